The zero-order valence-corrected chi connectivity index (χ0v) is 26.4. The second-order valence-corrected chi connectivity index (χ2v) is 12.4. The lowest BCUT2D eigenvalue weighted by atomic mass is 10.0. The zero-order valence-electron chi connectivity index (χ0n) is 26.4. The van der Waals surface area contributed by atoms with Gasteiger partial charge in [0.15, 0.2) is 0 Å². The van der Waals surface area contributed by atoms with E-state index in [1.165, 1.54) is 4.90 Å². The maximum atomic E-state index is 13.5. The number of esters is 1. The maximum Gasteiger partial charge on any atom is 0.415 e. The summed E-state index contributed by atoms with van der Waals surface area (Å²) in [6.07, 6.45) is 5.37. The molecule has 12 heteroatoms. The number of nitrogens with one attached hydrogen (secondary N) is 1. The topological polar surface area (TPSA) is 134 Å². The van der Waals surface area contributed by atoms with Crippen LogP contribution >= 0.6 is 0 Å². The van der Waals surface area contributed by atoms with E-state index >= 15 is 0 Å². The molecule has 2 fully saturated rings. The van der Waals surface area contributed by atoms with Crippen LogP contribution in [0.3, 0.4) is 0 Å². The number of likely N-dealkylation sites (tertiary alicyclic amines) is 1. The van der Waals surface area contributed by atoms with Gasteiger partial charge in [0, 0.05) is 64.2 Å². The molecule has 1 N–H and O–H groups in total. The van der Waals surface area contributed by atoms with Gasteiger partial charge >= 0.3 is 12.1 Å². The molecule has 3 aromatic rings. The smallest absolute Gasteiger partial charge is 0.415 e. The van der Waals surface area contributed by atoms with Crippen molar-refractivity contribution in [2.24, 2.45) is 0 Å². The van der Waals surface area contributed by atoms with Crippen molar-refractivity contribution in [3.05, 3.63) is 84.3 Å². The lowest BCUT2D eigenvalue weighted by molar-refractivity contribution is -0.159. The molecule has 3 amide bonds. The highest BCUT2D eigenvalue weighted by Crippen LogP contribution is 2.23. The molecule has 5 rings (SSSR count). The minimum atomic E-state index is -0.994. The summed E-state index contributed by atoms with van der Waals surface area (Å²) >= 11 is 0. The third-order valence-corrected chi connectivity index (χ3v) is 7.79. The minimum Gasteiger partial charge on any atom is -0.458 e. The summed E-state index contributed by atoms with van der Waals surface area (Å²) in [5, 5.41) is 2.85. The fourth-order valence-corrected chi connectivity index (χ4v) is 5.48. The van der Waals surface area contributed by atoms with Crippen molar-refractivity contribution >= 4 is 29.7 Å². The Morgan fingerprint density at radius 2 is 1.72 bits per heavy atom. The number of carbonyl (C=O) groups excluding carboxylic acids is 4. The Balaban J connectivity index is 1.20. The van der Waals surface area contributed by atoms with Gasteiger partial charge < -0.3 is 29.5 Å². The van der Waals surface area contributed by atoms with Crippen LogP contribution in [0.25, 0.3) is 0 Å². The van der Waals surface area contributed by atoms with Crippen LogP contribution < -0.4 is 15.0 Å². The molecule has 2 aliphatic heterocycles. The first-order chi connectivity index (χ1) is 22.1. The van der Waals surface area contributed by atoms with Crippen LogP contribution in [0.5, 0.6) is 5.75 Å². The van der Waals surface area contributed by atoms with Crippen molar-refractivity contribution in [2.45, 2.75) is 64.3 Å². The van der Waals surface area contributed by atoms with Gasteiger partial charge in [0.2, 0.25) is 11.8 Å². The molecule has 2 saturated heterocycles. The highest BCUT2D eigenvalue weighted by Gasteiger charge is 2.38. The van der Waals surface area contributed by atoms with Crippen molar-refractivity contribution < 1.29 is 28.7 Å². The molecule has 2 aromatic heterocycles. The summed E-state index contributed by atoms with van der Waals surface area (Å²) in [7, 11) is 0. The number of amides is 3. The monoisotopic (exact) mass is 628 g/mol. The SMILES string of the molecule is CC(C)(C)OC(=O)[C@H](Cc1ccc(OC(=O)N2CCN(c3ccccn3)CC2)cc1)NC(=O)[C@@H]1CCC(=O)N1Cc1cccnc1. The fraction of sp³-hybridized carbons (Fsp3) is 0.412. The molecule has 2 aliphatic rings. The summed E-state index contributed by atoms with van der Waals surface area (Å²) in [5.41, 5.74) is 0.776. The normalized spacial score (nSPS) is 17.4. The predicted octanol–water partition coefficient (Wildman–Crippen LogP) is 3.36. The molecular formula is C34H40N6O6. The van der Waals surface area contributed by atoms with E-state index < -0.39 is 35.7 Å². The van der Waals surface area contributed by atoms with E-state index in [-0.39, 0.29) is 25.3 Å². The number of hydrogen-bond acceptors (Lipinski definition) is 9. The first-order valence-corrected chi connectivity index (χ1v) is 15.5. The van der Waals surface area contributed by atoms with E-state index in [0.29, 0.717) is 38.3 Å². The first kappa shape index (κ1) is 32.4. The molecule has 46 heavy (non-hydrogen) atoms. The predicted molar refractivity (Wildman–Crippen MR) is 170 cm³/mol. The number of rotatable bonds is 9. The molecule has 1 aromatic carbocycles. The summed E-state index contributed by atoms with van der Waals surface area (Å²) in [4.78, 5) is 66.0. The van der Waals surface area contributed by atoms with Gasteiger partial charge in [0.05, 0.1) is 0 Å². The fourth-order valence-electron chi connectivity index (χ4n) is 5.48. The lowest BCUT2D eigenvalue weighted by Gasteiger charge is -2.34. The number of piperazine rings is 1. The number of ether oxygens (including phenoxy) is 2. The zero-order chi connectivity index (χ0) is 32.7. The standard InChI is InChI=1S/C34H40N6O6/c1-34(2,3)46-32(43)27(37-31(42)28-13-14-30(41)40(28)23-25-7-6-15-35-22-25)21-24-9-11-26(12-10-24)45-33(44)39-19-17-38(18-20-39)29-8-4-5-16-36-29/h4-12,15-16,22,27-28H,13-14,17-21,23H2,1-3H3,(H,37,42)/t27-,28-/m0/s1. The molecule has 0 saturated carbocycles. The van der Waals surface area contributed by atoms with Gasteiger partial charge in [0.1, 0.15) is 29.3 Å². The van der Waals surface area contributed by atoms with Gasteiger partial charge in [-0.05, 0) is 68.7 Å². The minimum absolute atomic E-state index is 0.127. The summed E-state index contributed by atoms with van der Waals surface area (Å²) in [6.45, 7) is 7.86. The first-order valence-electron chi connectivity index (χ1n) is 15.5. The molecular weight excluding hydrogens is 588 g/mol. The van der Waals surface area contributed by atoms with E-state index in [1.807, 2.05) is 24.3 Å². The molecule has 0 spiro atoms. The molecule has 242 valence electrons. The van der Waals surface area contributed by atoms with Gasteiger partial charge in [-0.2, -0.15) is 0 Å². The second kappa shape index (κ2) is 14.4. The molecule has 0 bridgehead atoms. The Morgan fingerprint density at radius 3 is 2.37 bits per heavy atom. The van der Waals surface area contributed by atoms with Crippen LogP contribution in [0.2, 0.25) is 0 Å². The average molecular weight is 629 g/mol. The van der Waals surface area contributed by atoms with Gasteiger partial charge in [-0.25, -0.2) is 14.6 Å². The van der Waals surface area contributed by atoms with E-state index in [1.54, 1.807) is 74.6 Å². The molecule has 2 atom stereocenters. The van der Waals surface area contributed by atoms with Crippen LogP contribution in [0.4, 0.5) is 10.6 Å². The molecule has 0 aliphatic carbocycles. The Morgan fingerprint density at radius 1 is 0.957 bits per heavy atom. The quantitative estimate of drug-likeness (QED) is 0.354. The van der Waals surface area contributed by atoms with E-state index in [2.05, 4.69) is 20.2 Å². The van der Waals surface area contributed by atoms with Crippen molar-refractivity contribution in [1.29, 1.82) is 0 Å². The Hall–Kier alpha value is -5.00. The highest BCUT2D eigenvalue weighted by atomic mass is 16.6. The largest absolute Gasteiger partial charge is 0.458 e. The van der Waals surface area contributed by atoms with E-state index in [4.69, 9.17) is 9.47 Å². The van der Waals surface area contributed by atoms with Crippen LogP contribution in [-0.2, 0) is 32.1 Å². The van der Waals surface area contributed by atoms with Crippen LogP contribution in [0.15, 0.2) is 73.2 Å². The lowest BCUT2D eigenvalue weighted by Crippen LogP contribution is -2.52. The van der Waals surface area contributed by atoms with Gasteiger partial charge in [-0.3, -0.25) is 14.6 Å². The van der Waals surface area contributed by atoms with Crippen molar-refractivity contribution in [3.8, 4) is 5.75 Å². The van der Waals surface area contributed by atoms with Crippen molar-refractivity contribution in [2.75, 3.05) is 31.1 Å². The third kappa shape index (κ3) is 8.58. The number of anilines is 1. The third-order valence-electron chi connectivity index (χ3n) is 7.79. The number of nitrogens with zero attached hydrogens (tertiary/aromatic N) is 5. The number of hydrogen-bond donors (Lipinski definition) is 1. The van der Waals surface area contributed by atoms with Crippen molar-refractivity contribution in [1.82, 2.24) is 25.1 Å². The number of pyridine rings is 2. The van der Waals surface area contributed by atoms with E-state index in [9.17, 15) is 19.2 Å². The second-order valence-electron chi connectivity index (χ2n) is 12.4. The molecule has 0 radical (unpaired) electrons. The Labute approximate surface area is 268 Å². The van der Waals surface area contributed by atoms with Gasteiger partial charge in [-0.15, -0.1) is 0 Å². The number of aromatic nitrogens is 2. The van der Waals surface area contributed by atoms with E-state index in [0.717, 1.165) is 16.9 Å². The van der Waals surface area contributed by atoms with Crippen LogP contribution in [0, 0.1) is 0 Å². The van der Waals surface area contributed by atoms with Gasteiger partial charge in [-0.1, -0.05) is 24.3 Å². The van der Waals surface area contributed by atoms with Crippen molar-refractivity contribution in [3.63, 3.8) is 0 Å². The summed E-state index contributed by atoms with van der Waals surface area (Å²) < 4.78 is 11.3. The number of benzene rings is 1. The Kier molecular flexibility index (Phi) is 10.1. The molecule has 12 nitrogen and oxygen atoms in total. The molecule has 0 unspecified atom stereocenters. The average Bonchev–Trinajstić information content (AvgIpc) is 3.41. The molecule has 4 heterocycles. The van der Waals surface area contributed by atoms with Gasteiger partial charge in [0.25, 0.3) is 0 Å². The Bertz CT molecular complexity index is 1500. The summed E-state index contributed by atoms with van der Waals surface area (Å²) in [6, 6.07) is 14.5. The van der Waals surface area contributed by atoms with Crippen LogP contribution in [0.1, 0.15) is 44.7 Å². The summed E-state index contributed by atoms with van der Waals surface area (Å²) in [5.74, 6) is 0.127. The van der Waals surface area contributed by atoms with Crippen LogP contribution in [-0.4, -0.2) is 87.5 Å². The highest BCUT2D eigenvalue weighted by molar-refractivity contribution is 5.93. The number of carbonyl (C=O) groups is 4. The maximum absolute atomic E-state index is 13.5.